The summed E-state index contributed by atoms with van der Waals surface area (Å²) in [5.41, 5.74) is 13.0. The van der Waals surface area contributed by atoms with E-state index in [0.717, 1.165) is 45.1 Å². The van der Waals surface area contributed by atoms with Gasteiger partial charge in [0.05, 0.1) is 22.4 Å². The number of fused-ring (bicyclic) bond motifs is 7. The summed E-state index contributed by atoms with van der Waals surface area (Å²) in [5, 5.41) is 2.54. The highest BCUT2D eigenvalue weighted by Crippen LogP contribution is 2.54. The van der Waals surface area contributed by atoms with Crippen LogP contribution >= 0.6 is 0 Å². The molecule has 0 radical (unpaired) electrons. The van der Waals surface area contributed by atoms with Gasteiger partial charge in [0.25, 0.3) is 0 Å². The molecule has 0 fully saturated rings. The summed E-state index contributed by atoms with van der Waals surface area (Å²) in [4.78, 5) is 2.58. The number of ether oxygens (including phenoxy) is 1. The Hall–Kier alpha value is -6.00. The molecule has 2 aliphatic heterocycles. The number of aromatic nitrogens is 1. The van der Waals surface area contributed by atoms with Crippen LogP contribution in [0.15, 0.2) is 164 Å². The van der Waals surface area contributed by atoms with Gasteiger partial charge in [0.2, 0.25) is 0 Å². The van der Waals surface area contributed by atoms with E-state index in [1.54, 1.807) is 0 Å². The molecule has 10 rings (SSSR count). The lowest BCUT2D eigenvalue weighted by Gasteiger charge is -2.42. The van der Waals surface area contributed by atoms with E-state index in [4.69, 9.17) is 4.74 Å². The molecule has 0 N–H and O–H groups in total. The normalized spacial score (nSPS) is 12.9. The molecule has 46 heavy (non-hydrogen) atoms. The first-order valence-corrected chi connectivity index (χ1v) is 15.8. The van der Waals surface area contributed by atoms with Crippen LogP contribution in [0.2, 0.25) is 0 Å². The molecule has 0 unspecified atom stereocenters. The molecule has 214 valence electrons. The highest BCUT2D eigenvalue weighted by Gasteiger charge is 2.43. The zero-order valence-corrected chi connectivity index (χ0v) is 25.0. The van der Waals surface area contributed by atoms with Crippen molar-refractivity contribution >= 4 is 51.0 Å². The zero-order chi connectivity index (χ0) is 30.2. The van der Waals surface area contributed by atoms with Gasteiger partial charge >= 0.3 is 6.85 Å². The van der Waals surface area contributed by atoms with Crippen LogP contribution in [-0.2, 0) is 0 Å². The second-order valence-corrected chi connectivity index (χ2v) is 12.1. The standard InChI is InChI=1S/C42H27BN2O/c1-3-14-28(15-4-1)30-19-12-26-38-41(30)45(42-31(20-13-27-39(42)46-38)29-16-5-2-6-17-29)43-34-22-8-10-25-37(34)44-36-24-9-7-18-32(36)33-21-11-23-35(43)40(33)44/h1-27H. The Morgan fingerprint density at radius 2 is 0.978 bits per heavy atom. The van der Waals surface area contributed by atoms with Gasteiger partial charge in [0.15, 0.2) is 11.5 Å². The molecule has 3 heterocycles. The third kappa shape index (κ3) is 3.50. The quantitative estimate of drug-likeness (QED) is 0.192. The average Bonchev–Trinajstić information content (AvgIpc) is 3.47. The van der Waals surface area contributed by atoms with E-state index in [1.807, 2.05) is 0 Å². The smallest absolute Gasteiger partial charge is 0.332 e. The molecule has 7 aromatic carbocycles. The maximum Gasteiger partial charge on any atom is 0.332 e. The molecule has 4 heteroatoms. The number of hydrogen-bond donors (Lipinski definition) is 0. The maximum absolute atomic E-state index is 6.85. The predicted molar refractivity (Wildman–Crippen MR) is 192 cm³/mol. The fraction of sp³-hybridized carbons (Fsp3) is 0. The van der Waals surface area contributed by atoms with Gasteiger partial charge in [-0.2, -0.15) is 0 Å². The van der Waals surface area contributed by atoms with Crippen LogP contribution in [0.4, 0.5) is 11.4 Å². The summed E-state index contributed by atoms with van der Waals surface area (Å²) in [6.07, 6.45) is 0. The van der Waals surface area contributed by atoms with Gasteiger partial charge in [-0.15, -0.1) is 0 Å². The summed E-state index contributed by atoms with van der Waals surface area (Å²) in [5.74, 6) is 1.71. The number of para-hydroxylation sites is 5. The van der Waals surface area contributed by atoms with Crippen LogP contribution in [0.5, 0.6) is 11.5 Å². The molecule has 0 aliphatic carbocycles. The lowest BCUT2D eigenvalue weighted by molar-refractivity contribution is 0.478. The largest absolute Gasteiger partial charge is 0.453 e. The summed E-state index contributed by atoms with van der Waals surface area (Å²) < 4.78 is 9.33. The van der Waals surface area contributed by atoms with Crippen molar-refractivity contribution in [2.24, 2.45) is 0 Å². The van der Waals surface area contributed by atoms with Crippen LogP contribution in [0.1, 0.15) is 0 Å². The highest BCUT2D eigenvalue weighted by atomic mass is 16.5. The molecule has 0 amide bonds. The Labute approximate surface area is 267 Å². The van der Waals surface area contributed by atoms with Crippen LogP contribution in [0, 0.1) is 0 Å². The van der Waals surface area contributed by atoms with Crippen molar-refractivity contribution in [2.45, 2.75) is 0 Å². The molecule has 0 bridgehead atoms. The Morgan fingerprint density at radius 3 is 1.67 bits per heavy atom. The molecule has 0 saturated heterocycles. The van der Waals surface area contributed by atoms with Crippen molar-refractivity contribution in [1.82, 2.24) is 4.57 Å². The Kier molecular flexibility index (Phi) is 5.37. The lowest BCUT2D eigenvalue weighted by atomic mass is 9.46. The topological polar surface area (TPSA) is 17.4 Å². The van der Waals surface area contributed by atoms with Crippen molar-refractivity contribution in [3.63, 3.8) is 0 Å². The number of hydrogen-bond acceptors (Lipinski definition) is 2. The van der Waals surface area contributed by atoms with E-state index in [1.165, 1.54) is 38.4 Å². The molecule has 2 aliphatic rings. The van der Waals surface area contributed by atoms with Crippen LogP contribution in [0.3, 0.4) is 0 Å². The lowest BCUT2D eigenvalue weighted by Crippen LogP contribution is -2.59. The molecular weight excluding hydrogens is 559 g/mol. The summed E-state index contributed by atoms with van der Waals surface area (Å²) in [6, 6.07) is 58.8. The summed E-state index contributed by atoms with van der Waals surface area (Å²) in [6.45, 7) is -0.118. The number of nitrogens with zero attached hydrogens (tertiary/aromatic N) is 2. The Bertz CT molecular complexity index is 2380. The van der Waals surface area contributed by atoms with Gasteiger partial charge in [-0.1, -0.05) is 140 Å². The van der Waals surface area contributed by atoms with Crippen molar-refractivity contribution in [3.8, 4) is 39.4 Å². The van der Waals surface area contributed by atoms with E-state index in [2.05, 4.69) is 173 Å². The molecule has 0 spiro atoms. The minimum atomic E-state index is -0.118. The molecule has 0 atom stereocenters. The van der Waals surface area contributed by atoms with Gasteiger partial charge in [-0.3, -0.25) is 0 Å². The Balaban J connectivity index is 1.36. The number of anilines is 2. The molecule has 3 nitrogen and oxygen atoms in total. The van der Waals surface area contributed by atoms with E-state index in [0.29, 0.717) is 0 Å². The average molecular weight is 587 g/mol. The van der Waals surface area contributed by atoms with E-state index >= 15 is 0 Å². The number of rotatable bonds is 3. The second-order valence-electron chi connectivity index (χ2n) is 12.1. The Morgan fingerprint density at radius 1 is 0.435 bits per heavy atom. The fourth-order valence-corrected chi connectivity index (χ4v) is 7.78. The fourth-order valence-electron chi connectivity index (χ4n) is 7.78. The first-order valence-electron chi connectivity index (χ1n) is 15.8. The van der Waals surface area contributed by atoms with Crippen molar-refractivity contribution in [3.05, 3.63) is 164 Å². The van der Waals surface area contributed by atoms with Gasteiger partial charge < -0.3 is 14.1 Å². The molecular formula is C42H27BN2O. The summed E-state index contributed by atoms with van der Waals surface area (Å²) >= 11 is 0. The second kappa shape index (κ2) is 9.75. The molecule has 0 saturated carbocycles. The van der Waals surface area contributed by atoms with E-state index < -0.39 is 0 Å². The van der Waals surface area contributed by atoms with Crippen LogP contribution in [-0.4, -0.2) is 11.4 Å². The maximum atomic E-state index is 6.85. The van der Waals surface area contributed by atoms with E-state index in [-0.39, 0.29) is 6.85 Å². The van der Waals surface area contributed by atoms with Crippen molar-refractivity contribution in [2.75, 3.05) is 4.81 Å². The van der Waals surface area contributed by atoms with Gasteiger partial charge in [-0.05, 0) is 46.3 Å². The highest BCUT2D eigenvalue weighted by molar-refractivity contribution is 6.92. The van der Waals surface area contributed by atoms with Crippen LogP contribution in [0.25, 0.3) is 49.7 Å². The van der Waals surface area contributed by atoms with Crippen molar-refractivity contribution in [1.29, 1.82) is 0 Å². The van der Waals surface area contributed by atoms with Gasteiger partial charge in [0.1, 0.15) is 0 Å². The third-order valence-electron chi connectivity index (χ3n) is 9.62. The first-order chi connectivity index (χ1) is 22.9. The van der Waals surface area contributed by atoms with Gasteiger partial charge in [0, 0.05) is 27.6 Å². The molecule has 1 aromatic heterocycles. The summed E-state index contributed by atoms with van der Waals surface area (Å²) in [7, 11) is 0. The zero-order valence-electron chi connectivity index (χ0n) is 25.0. The monoisotopic (exact) mass is 586 g/mol. The molecule has 8 aromatic rings. The first kappa shape index (κ1) is 25.3. The van der Waals surface area contributed by atoms with Gasteiger partial charge in [-0.25, -0.2) is 0 Å². The van der Waals surface area contributed by atoms with Crippen LogP contribution < -0.4 is 20.5 Å². The van der Waals surface area contributed by atoms with Crippen molar-refractivity contribution < 1.29 is 4.74 Å². The minimum absolute atomic E-state index is 0.118. The van der Waals surface area contributed by atoms with E-state index in [9.17, 15) is 0 Å². The number of benzene rings is 7. The predicted octanol–water partition coefficient (Wildman–Crippen LogP) is 9.48. The SMILES string of the molecule is c1ccc(-c2cccc3c2N(B2c4ccccc4-n4c5ccccc5c5cccc2c54)c2c(cccc2-c2ccccc2)O3)cc1. The third-order valence-corrected chi connectivity index (χ3v) is 9.62. The minimum Gasteiger partial charge on any atom is -0.453 e.